The van der Waals surface area contributed by atoms with Gasteiger partial charge in [-0.1, -0.05) is 170 Å². The first-order valence-corrected chi connectivity index (χ1v) is 21.2. The Balaban J connectivity index is 0.969. The summed E-state index contributed by atoms with van der Waals surface area (Å²) in [5, 5.41) is 14.9. The molecule has 2 N–H and O–H groups in total. The summed E-state index contributed by atoms with van der Waals surface area (Å²) in [4.78, 5) is 5.37. The van der Waals surface area contributed by atoms with Gasteiger partial charge >= 0.3 is 0 Å². The molecule has 4 nitrogen and oxygen atoms in total. The number of furan rings is 1. The summed E-state index contributed by atoms with van der Waals surface area (Å²) in [5.41, 5.74) is 12.0. The second kappa shape index (κ2) is 14.2. The highest BCUT2D eigenvalue weighted by Crippen LogP contribution is 2.44. The van der Waals surface area contributed by atoms with E-state index in [1.807, 2.05) is 11.3 Å². The molecule has 0 bridgehead atoms. The predicted molar refractivity (Wildman–Crippen MR) is 252 cm³/mol. The lowest BCUT2D eigenvalue weighted by Gasteiger charge is -2.32. The first kappa shape index (κ1) is 34.7. The van der Waals surface area contributed by atoms with Crippen molar-refractivity contribution >= 4 is 70.1 Å². The number of thiophene rings is 1. The number of rotatable bonds is 6. The molecule has 0 radical (unpaired) electrons. The summed E-state index contributed by atoms with van der Waals surface area (Å²) >= 11 is 1.84. The van der Waals surface area contributed by atoms with Gasteiger partial charge < -0.3 is 9.73 Å². The summed E-state index contributed by atoms with van der Waals surface area (Å²) in [6, 6.07) is 71.5. The minimum atomic E-state index is -0.296. The molecule has 0 spiro atoms. The fourth-order valence-electron chi connectivity index (χ4n) is 9.03. The van der Waals surface area contributed by atoms with E-state index in [9.17, 15) is 0 Å². The molecule has 60 heavy (non-hydrogen) atoms. The van der Waals surface area contributed by atoms with Crippen molar-refractivity contribution in [1.29, 1.82) is 0 Å². The molecule has 0 saturated heterocycles. The van der Waals surface area contributed by atoms with Gasteiger partial charge in [0.25, 0.3) is 0 Å². The third-order valence-electron chi connectivity index (χ3n) is 12.0. The minimum Gasteiger partial charge on any atom is -0.455 e. The van der Waals surface area contributed by atoms with Crippen LogP contribution in [-0.2, 0) is 0 Å². The number of nitrogens with zero attached hydrogens (tertiary/aromatic N) is 1. The van der Waals surface area contributed by atoms with Crippen LogP contribution >= 0.6 is 11.3 Å². The van der Waals surface area contributed by atoms with Gasteiger partial charge in [-0.05, 0) is 80.0 Å². The first-order chi connectivity index (χ1) is 29.7. The molecular formula is C55H37N3OS. The maximum Gasteiger partial charge on any atom is 0.143 e. The summed E-state index contributed by atoms with van der Waals surface area (Å²) in [7, 11) is 0. The third kappa shape index (κ3) is 5.90. The van der Waals surface area contributed by atoms with Crippen LogP contribution in [0.2, 0.25) is 0 Å². The zero-order valence-electron chi connectivity index (χ0n) is 32.5. The summed E-state index contributed by atoms with van der Waals surface area (Å²) in [6.07, 6.45) is -0.481. The van der Waals surface area contributed by atoms with Crippen molar-refractivity contribution in [3.8, 4) is 33.4 Å². The molecule has 0 saturated carbocycles. The van der Waals surface area contributed by atoms with Gasteiger partial charge in [0.05, 0.1) is 0 Å². The fourth-order valence-corrected chi connectivity index (χ4v) is 10.2. The molecule has 2 aromatic heterocycles. The molecule has 284 valence electrons. The average Bonchev–Trinajstić information content (AvgIpc) is 3.89. The summed E-state index contributed by atoms with van der Waals surface area (Å²) in [5.74, 6) is 0.860. The van der Waals surface area contributed by atoms with E-state index in [1.54, 1.807) is 0 Å². The van der Waals surface area contributed by atoms with Crippen molar-refractivity contribution in [2.24, 2.45) is 4.99 Å². The molecule has 1 aliphatic rings. The van der Waals surface area contributed by atoms with Crippen molar-refractivity contribution in [1.82, 2.24) is 10.6 Å². The molecule has 2 unspecified atom stereocenters. The van der Waals surface area contributed by atoms with Crippen LogP contribution in [0.4, 0.5) is 0 Å². The Labute approximate surface area is 351 Å². The Morgan fingerprint density at radius 3 is 1.88 bits per heavy atom. The van der Waals surface area contributed by atoms with Gasteiger partial charge in [-0.15, -0.1) is 11.3 Å². The smallest absolute Gasteiger partial charge is 0.143 e. The molecule has 3 heterocycles. The zero-order valence-corrected chi connectivity index (χ0v) is 33.3. The molecule has 11 aromatic rings. The molecule has 5 heteroatoms. The number of fused-ring (bicyclic) bond motifs is 7. The van der Waals surface area contributed by atoms with E-state index in [0.717, 1.165) is 61.2 Å². The molecule has 1 aliphatic heterocycles. The van der Waals surface area contributed by atoms with Crippen LogP contribution in [0.15, 0.2) is 210 Å². The number of hydrogen-bond donors (Lipinski definition) is 2. The van der Waals surface area contributed by atoms with Gasteiger partial charge in [0, 0.05) is 42.1 Å². The monoisotopic (exact) mass is 787 g/mol. The lowest BCUT2D eigenvalue weighted by Crippen LogP contribution is -2.45. The highest BCUT2D eigenvalue weighted by molar-refractivity contribution is 7.25. The second-order valence-corrected chi connectivity index (χ2v) is 16.6. The van der Waals surface area contributed by atoms with Crippen LogP contribution in [0.5, 0.6) is 0 Å². The molecule has 9 aromatic carbocycles. The van der Waals surface area contributed by atoms with Gasteiger partial charge in [0.1, 0.15) is 29.3 Å². The van der Waals surface area contributed by atoms with E-state index in [4.69, 9.17) is 9.41 Å². The Kier molecular flexibility index (Phi) is 8.22. The van der Waals surface area contributed by atoms with Gasteiger partial charge in [0.15, 0.2) is 0 Å². The number of amidine groups is 1. The maximum atomic E-state index is 6.78. The molecule has 2 atom stereocenters. The van der Waals surface area contributed by atoms with Crippen LogP contribution < -0.4 is 10.6 Å². The van der Waals surface area contributed by atoms with E-state index >= 15 is 0 Å². The highest BCUT2D eigenvalue weighted by Gasteiger charge is 2.28. The molecule has 12 rings (SSSR count). The molecule has 0 aliphatic carbocycles. The molecule has 0 fully saturated rings. The lowest BCUT2D eigenvalue weighted by molar-refractivity contribution is 0.411. The Hall–Kier alpha value is -7.31. The topological polar surface area (TPSA) is 49.6 Å². The molecule has 0 amide bonds. The second-order valence-electron chi connectivity index (χ2n) is 15.5. The minimum absolute atomic E-state index is 0.185. The Bertz CT molecular complexity index is 3420. The van der Waals surface area contributed by atoms with Crippen LogP contribution in [-0.4, -0.2) is 5.84 Å². The number of benzene rings is 9. The normalized spacial score (nSPS) is 15.5. The average molecular weight is 788 g/mol. The number of hydrogen-bond acceptors (Lipinski definition) is 5. The summed E-state index contributed by atoms with van der Waals surface area (Å²) in [6.45, 7) is 0. The summed E-state index contributed by atoms with van der Waals surface area (Å²) < 4.78 is 9.35. The van der Waals surface area contributed by atoms with Crippen LogP contribution in [0.3, 0.4) is 0 Å². The molecular weight excluding hydrogens is 751 g/mol. The van der Waals surface area contributed by atoms with Crippen molar-refractivity contribution in [3.05, 3.63) is 217 Å². The van der Waals surface area contributed by atoms with Crippen LogP contribution in [0, 0.1) is 0 Å². The lowest BCUT2D eigenvalue weighted by atomic mass is 9.93. The maximum absolute atomic E-state index is 6.78. The quantitative estimate of drug-likeness (QED) is 0.176. The first-order valence-electron chi connectivity index (χ1n) is 20.4. The van der Waals surface area contributed by atoms with Crippen molar-refractivity contribution < 1.29 is 4.42 Å². The van der Waals surface area contributed by atoms with E-state index in [2.05, 4.69) is 211 Å². The predicted octanol–water partition coefficient (Wildman–Crippen LogP) is 14.4. The highest BCUT2D eigenvalue weighted by atomic mass is 32.1. The van der Waals surface area contributed by atoms with Crippen molar-refractivity contribution in [2.75, 3.05) is 0 Å². The third-order valence-corrected chi connectivity index (χ3v) is 13.1. The SMILES string of the molecule is c1ccc(-c2ccc(C3=NC(c4ccc(-c5ccc(-c6ccccc6)c6oc7cc8ccccc8cc7c56)cc4)NC(c4cccc5sc6ccccc6c45)N3)cc2)cc1. The van der Waals surface area contributed by atoms with Crippen LogP contribution in [0.25, 0.3) is 86.3 Å². The van der Waals surface area contributed by atoms with Gasteiger partial charge in [-0.25, -0.2) is 4.99 Å². The van der Waals surface area contributed by atoms with E-state index < -0.39 is 0 Å². The van der Waals surface area contributed by atoms with Crippen LogP contribution in [0.1, 0.15) is 29.0 Å². The van der Waals surface area contributed by atoms with Gasteiger partial charge in [0.2, 0.25) is 0 Å². The number of nitrogens with one attached hydrogen (secondary N) is 2. The van der Waals surface area contributed by atoms with Gasteiger partial charge in [-0.2, -0.15) is 0 Å². The Morgan fingerprint density at radius 2 is 1.08 bits per heavy atom. The standard InChI is InChI=1S/C55H37N3OS/c1-3-12-34(13-4-1)35-22-26-38(27-23-35)53-56-54(58-55(57-53)45-19-11-21-49-50(45)44-18-9-10-20-48(44)60-49)39-28-24-37(25-29-39)42-30-31-43(36-14-5-2-6-15-36)52-51(42)46-32-40-16-7-8-17-41(40)33-47(46)59-52/h1-33,54-55,58H,(H,56,57). The largest absolute Gasteiger partial charge is 0.455 e. The van der Waals surface area contributed by atoms with E-state index in [0.29, 0.717) is 0 Å². The van der Waals surface area contributed by atoms with E-state index in [-0.39, 0.29) is 12.3 Å². The zero-order chi connectivity index (χ0) is 39.6. The van der Waals surface area contributed by atoms with Crippen molar-refractivity contribution in [3.63, 3.8) is 0 Å². The van der Waals surface area contributed by atoms with Crippen molar-refractivity contribution in [2.45, 2.75) is 12.3 Å². The fraction of sp³-hybridized carbons (Fsp3) is 0.0364. The Morgan fingerprint density at radius 1 is 0.467 bits per heavy atom. The van der Waals surface area contributed by atoms with Gasteiger partial charge in [-0.3, -0.25) is 5.32 Å². The number of aliphatic imine (C=N–C) groups is 1. The van der Waals surface area contributed by atoms with E-state index in [1.165, 1.54) is 47.6 Å².